The van der Waals surface area contributed by atoms with Crippen molar-refractivity contribution >= 4 is 33.4 Å². The SMILES string of the molecule is O=C1C2CCCCN2C(=O)CCN1c1c(F)cccc1Br. The van der Waals surface area contributed by atoms with Gasteiger partial charge < -0.3 is 9.80 Å². The molecule has 2 aliphatic heterocycles. The van der Waals surface area contributed by atoms with E-state index >= 15 is 0 Å². The summed E-state index contributed by atoms with van der Waals surface area (Å²) in [7, 11) is 0. The van der Waals surface area contributed by atoms with Gasteiger partial charge in [-0.25, -0.2) is 4.39 Å². The van der Waals surface area contributed by atoms with E-state index in [1.54, 1.807) is 17.0 Å². The summed E-state index contributed by atoms with van der Waals surface area (Å²) in [6.07, 6.45) is 2.75. The highest BCUT2D eigenvalue weighted by Crippen LogP contribution is 2.33. The molecule has 1 aromatic carbocycles. The number of piperidine rings is 1. The Morgan fingerprint density at radius 3 is 2.76 bits per heavy atom. The van der Waals surface area contributed by atoms with E-state index in [-0.39, 0.29) is 30.5 Å². The number of fused-ring (bicyclic) bond motifs is 1. The standard InChI is InChI=1S/C15H16BrFN2O2/c16-10-4-3-5-11(17)14(10)19-9-7-13(20)18-8-2-1-6-12(18)15(19)21/h3-5,12H,1-2,6-9H2. The summed E-state index contributed by atoms with van der Waals surface area (Å²) in [4.78, 5) is 28.0. The summed E-state index contributed by atoms with van der Waals surface area (Å²) < 4.78 is 14.7. The van der Waals surface area contributed by atoms with Gasteiger partial charge in [0.1, 0.15) is 11.9 Å². The topological polar surface area (TPSA) is 40.6 Å². The van der Waals surface area contributed by atoms with E-state index in [1.807, 2.05) is 0 Å². The van der Waals surface area contributed by atoms with E-state index < -0.39 is 11.9 Å². The van der Waals surface area contributed by atoms with E-state index in [0.717, 1.165) is 12.8 Å². The number of halogens is 2. The third kappa shape index (κ3) is 2.57. The first-order valence-corrected chi connectivity index (χ1v) is 7.94. The van der Waals surface area contributed by atoms with Gasteiger partial charge in [0.2, 0.25) is 11.8 Å². The van der Waals surface area contributed by atoms with E-state index in [2.05, 4.69) is 15.9 Å². The molecule has 2 saturated heterocycles. The number of hydrogen-bond acceptors (Lipinski definition) is 2. The molecule has 2 aliphatic rings. The minimum absolute atomic E-state index is 0.0111. The van der Waals surface area contributed by atoms with Gasteiger partial charge >= 0.3 is 0 Å². The van der Waals surface area contributed by atoms with Crippen molar-refractivity contribution in [3.63, 3.8) is 0 Å². The molecule has 0 spiro atoms. The Morgan fingerprint density at radius 1 is 1.19 bits per heavy atom. The van der Waals surface area contributed by atoms with Crippen LogP contribution in [0.3, 0.4) is 0 Å². The van der Waals surface area contributed by atoms with Gasteiger partial charge in [0.15, 0.2) is 0 Å². The Hall–Kier alpha value is -1.43. The maximum Gasteiger partial charge on any atom is 0.249 e. The van der Waals surface area contributed by atoms with Crippen LogP contribution >= 0.6 is 15.9 Å². The van der Waals surface area contributed by atoms with Crippen LogP contribution in [0, 0.1) is 5.82 Å². The van der Waals surface area contributed by atoms with E-state index in [0.29, 0.717) is 17.4 Å². The number of carbonyl (C=O) groups is 2. The highest BCUT2D eigenvalue weighted by molar-refractivity contribution is 9.10. The van der Waals surface area contributed by atoms with Crippen LogP contribution in [-0.2, 0) is 9.59 Å². The van der Waals surface area contributed by atoms with Crippen molar-refractivity contribution in [2.24, 2.45) is 0 Å². The average Bonchev–Trinajstić information content (AvgIpc) is 2.60. The van der Waals surface area contributed by atoms with Crippen molar-refractivity contribution in [1.29, 1.82) is 0 Å². The van der Waals surface area contributed by atoms with Gasteiger partial charge in [-0.15, -0.1) is 0 Å². The number of anilines is 1. The molecule has 2 amide bonds. The Bertz CT molecular complexity index is 573. The molecule has 1 unspecified atom stereocenters. The molecule has 0 bridgehead atoms. The fourth-order valence-electron chi connectivity index (χ4n) is 3.10. The number of rotatable bonds is 1. The monoisotopic (exact) mass is 354 g/mol. The van der Waals surface area contributed by atoms with Crippen molar-refractivity contribution < 1.29 is 14.0 Å². The number of amides is 2. The molecule has 6 heteroatoms. The van der Waals surface area contributed by atoms with E-state index in [9.17, 15) is 14.0 Å². The lowest BCUT2D eigenvalue weighted by molar-refractivity contribution is -0.139. The third-order valence-electron chi connectivity index (χ3n) is 4.13. The lowest BCUT2D eigenvalue weighted by Gasteiger charge is -2.34. The highest BCUT2D eigenvalue weighted by atomic mass is 79.9. The summed E-state index contributed by atoms with van der Waals surface area (Å²) in [6.45, 7) is 0.853. The second kappa shape index (κ2) is 5.75. The van der Waals surface area contributed by atoms with Gasteiger partial charge in [0.05, 0.1) is 5.69 Å². The lowest BCUT2D eigenvalue weighted by atomic mass is 10.0. The third-order valence-corrected chi connectivity index (χ3v) is 4.77. The van der Waals surface area contributed by atoms with Crippen molar-refractivity contribution in [2.45, 2.75) is 31.7 Å². The second-order valence-electron chi connectivity index (χ2n) is 5.41. The average molecular weight is 355 g/mol. The second-order valence-corrected chi connectivity index (χ2v) is 6.26. The van der Waals surface area contributed by atoms with Crippen LogP contribution in [0.5, 0.6) is 0 Å². The Labute approximate surface area is 131 Å². The molecular weight excluding hydrogens is 339 g/mol. The normalized spacial score (nSPS) is 23.0. The largest absolute Gasteiger partial charge is 0.331 e. The van der Waals surface area contributed by atoms with Crippen molar-refractivity contribution in [3.8, 4) is 0 Å². The fraction of sp³-hybridized carbons (Fsp3) is 0.467. The molecule has 1 aromatic rings. The molecule has 0 aromatic heterocycles. The predicted molar refractivity (Wildman–Crippen MR) is 80.4 cm³/mol. The molecule has 0 radical (unpaired) electrons. The number of carbonyl (C=O) groups excluding carboxylic acids is 2. The van der Waals surface area contributed by atoms with Gasteiger partial charge in [-0.1, -0.05) is 6.07 Å². The molecule has 0 N–H and O–H groups in total. The maximum absolute atomic E-state index is 14.1. The van der Waals surface area contributed by atoms with Gasteiger partial charge in [0, 0.05) is 24.0 Å². The van der Waals surface area contributed by atoms with Gasteiger partial charge in [-0.05, 0) is 47.3 Å². The highest BCUT2D eigenvalue weighted by Gasteiger charge is 2.39. The smallest absolute Gasteiger partial charge is 0.249 e. The van der Waals surface area contributed by atoms with Crippen LogP contribution in [0.4, 0.5) is 10.1 Å². The molecule has 0 aliphatic carbocycles. The fourth-order valence-corrected chi connectivity index (χ4v) is 3.65. The Morgan fingerprint density at radius 2 is 2.00 bits per heavy atom. The number of benzene rings is 1. The first-order valence-electron chi connectivity index (χ1n) is 7.14. The number of para-hydroxylation sites is 1. The summed E-state index contributed by atoms with van der Waals surface area (Å²) in [6, 6.07) is 4.18. The summed E-state index contributed by atoms with van der Waals surface area (Å²) in [5.41, 5.74) is 0.239. The van der Waals surface area contributed by atoms with Crippen LogP contribution in [0.2, 0.25) is 0 Å². The molecule has 4 nitrogen and oxygen atoms in total. The predicted octanol–water partition coefficient (Wildman–Crippen LogP) is 2.71. The minimum Gasteiger partial charge on any atom is -0.331 e. The lowest BCUT2D eigenvalue weighted by Crippen LogP contribution is -2.50. The number of nitrogens with zero attached hydrogens (tertiary/aromatic N) is 2. The number of hydrogen-bond donors (Lipinski definition) is 0. The van der Waals surface area contributed by atoms with Crippen LogP contribution in [0.25, 0.3) is 0 Å². The quantitative estimate of drug-likeness (QED) is 0.777. The molecule has 2 fully saturated rings. The van der Waals surface area contributed by atoms with Crippen LogP contribution in [0.15, 0.2) is 22.7 Å². The molecular formula is C15H16BrFN2O2. The van der Waals surface area contributed by atoms with Crippen molar-refractivity contribution in [2.75, 3.05) is 18.0 Å². The van der Waals surface area contributed by atoms with Gasteiger partial charge in [-0.3, -0.25) is 9.59 Å². The van der Waals surface area contributed by atoms with Crippen LogP contribution in [0.1, 0.15) is 25.7 Å². The van der Waals surface area contributed by atoms with Crippen LogP contribution < -0.4 is 4.90 Å². The molecule has 0 saturated carbocycles. The zero-order valence-corrected chi connectivity index (χ0v) is 13.1. The summed E-state index contributed by atoms with van der Waals surface area (Å²) in [5, 5.41) is 0. The van der Waals surface area contributed by atoms with E-state index in [4.69, 9.17) is 0 Å². The maximum atomic E-state index is 14.1. The van der Waals surface area contributed by atoms with Gasteiger partial charge in [0.25, 0.3) is 0 Å². The zero-order valence-electron chi connectivity index (χ0n) is 11.5. The molecule has 112 valence electrons. The van der Waals surface area contributed by atoms with Crippen molar-refractivity contribution in [1.82, 2.24) is 4.90 Å². The Balaban J connectivity index is 2.00. The first-order chi connectivity index (χ1) is 10.1. The molecule has 21 heavy (non-hydrogen) atoms. The molecule has 1 atom stereocenters. The molecule has 3 rings (SSSR count). The summed E-state index contributed by atoms with van der Waals surface area (Å²) >= 11 is 3.31. The summed E-state index contributed by atoms with van der Waals surface area (Å²) in [5.74, 6) is -0.635. The van der Waals surface area contributed by atoms with Crippen LogP contribution in [-0.4, -0.2) is 35.8 Å². The van der Waals surface area contributed by atoms with E-state index in [1.165, 1.54) is 11.0 Å². The Kier molecular flexibility index (Phi) is 3.97. The van der Waals surface area contributed by atoms with Crippen molar-refractivity contribution in [3.05, 3.63) is 28.5 Å². The minimum atomic E-state index is -0.450. The van der Waals surface area contributed by atoms with Gasteiger partial charge in [-0.2, -0.15) is 0 Å². The molecule has 2 heterocycles. The first kappa shape index (κ1) is 14.5. The zero-order chi connectivity index (χ0) is 15.0.